The van der Waals surface area contributed by atoms with Gasteiger partial charge in [-0.3, -0.25) is 4.99 Å². The van der Waals surface area contributed by atoms with Gasteiger partial charge < -0.3 is 10.6 Å². The number of hydrogen-bond acceptors (Lipinski definition) is 3. The van der Waals surface area contributed by atoms with Gasteiger partial charge in [0.05, 0.1) is 11.8 Å². The van der Waals surface area contributed by atoms with Crippen molar-refractivity contribution in [1.82, 2.24) is 14.9 Å². The normalized spacial score (nSPS) is 13.7. The van der Waals surface area contributed by atoms with E-state index < -0.39 is 10.0 Å². The molecule has 2 N–H and O–H groups in total. The molecule has 0 saturated heterocycles. The Morgan fingerprint density at radius 3 is 2.62 bits per heavy atom. The molecule has 1 unspecified atom stereocenters. The topological polar surface area (TPSA) is 73.8 Å². The van der Waals surface area contributed by atoms with Crippen molar-refractivity contribution in [2.75, 3.05) is 32.4 Å². The molecule has 26 heavy (non-hydrogen) atoms. The molecule has 8 heteroatoms. The summed E-state index contributed by atoms with van der Waals surface area (Å²) in [7, 11) is -1.57. The van der Waals surface area contributed by atoms with Crippen molar-refractivity contribution >= 4 is 16.0 Å². The van der Waals surface area contributed by atoms with Crippen LogP contribution in [0.1, 0.15) is 44.4 Å². The molecule has 0 radical (unpaired) electrons. The van der Waals surface area contributed by atoms with Crippen molar-refractivity contribution in [1.29, 1.82) is 0 Å². The Labute approximate surface area is 156 Å². The van der Waals surface area contributed by atoms with Gasteiger partial charge in [0, 0.05) is 26.7 Å². The minimum atomic E-state index is -3.15. The highest BCUT2D eigenvalue weighted by atomic mass is 32.2. The highest BCUT2D eigenvalue weighted by Gasteiger charge is 2.14. The standard InChI is InChI=1S/C18H31FN4O2S/c1-6-20-18(21-11-8-12-23(5)26(24,25)7-2)22-15(4)16-10-9-14(3)17(19)13-16/h9-10,13,15H,6-8,11-12H2,1-5H3,(H2,20,21,22). The predicted molar refractivity (Wildman–Crippen MR) is 105 cm³/mol. The third kappa shape index (κ3) is 6.92. The van der Waals surface area contributed by atoms with Crippen LogP contribution < -0.4 is 10.6 Å². The second-order valence-electron chi connectivity index (χ2n) is 6.21. The van der Waals surface area contributed by atoms with Crippen molar-refractivity contribution in [2.45, 2.75) is 40.2 Å². The van der Waals surface area contributed by atoms with Gasteiger partial charge in [-0.05, 0) is 51.3 Å². The van der Waals surface area contributed by atoms with E-state index in [-0.39, 0.29) is 17.6 Å². The average Bonchev–Trinajstić information content (AvgIpc) is 2.60. The van der Waals surface area contributed by atoms with Gasteiger partial charge in [0.2, 0.25) is 10.0 Å². The summed E-state index contributed by atoms with van der Waals surface area (Å²) in [6, 6.07) is 5.08. The summed E-state index contributed by atoms with van der Waals surface area (Å²) in [5.41, 5.74) is 1.46. The molecule has 6 nitrogen and oxygen atoms in total. The maximum Gasteiger partial charge on any atom is 0.213 e. The summed E-state index contributed by atoms with van der Waals surface area (Å²) in [6.45, 7) is 8.90. The number of rotatable bonds is 9. The molecule has 1 aromatic carbocycles. The first kappa shape index (κ1) is 22.4. The number of nitrogens with zero attached hydrogens (tertiary/aromatic N) is 2. The maximum absolute atomic E-state index is 13.7. The van der Waals surface area contributed by atoms with Crippen LogP contribution in [-0.4, -0.2) is 51.1 Å². The zero-order valence-electron chi connectivity index (χ0n) is 16.3. The van der Waals surface area contributed by atoms with E-state index in [0.29, 0.717) is 37.6 Å². The van der Waals surface area contributed by atoms with E-state index in [9.17, 15) is 12.8 Å². The molecule has 0 saturated carbocycles. The van der Waals surface area contributed by atoms with Gasteiger partial charge in [-0.25, -0.2) is 17.1 Å². The summed E-state index contributed by atoms with van der Waals surface area (Å²) < 4.78 is 38.5. The van der Waals surface area contributed by atoms with Crippen molar-refractivity contribution in [3.8, 4) is 0 Å². The Morgan fingerprint density at radius 2 is 2.04 bits per heavy atom. The van der Waals surface area contributed by atoms with Gasteiger partial charge in [0.1, 0.15) is 5.82 Å². The van der Waals surface area contributed by atoms with Crippen molar-refractivity contribution in [2.24, 2.45) is 4.99 Å². The molecule has 1 rings (SSSR count). The molecule has 0 bridgehead atoms. The van der Waals surface area contributed by atoms with Crippen LogP contribution in [-0.2, 0) is 10.0 Å². The largest absolute Gasteiger partial charge is 0.357 e. The summed E-state index contributed by atoms with van der Waals surface area (Å²) in [6.07, 6.45) is 0.625. The zero-order valence-corrected chi connectivity index (χ0v) is 17.2. The van der Waals surface area contributed by atoms with E-state index in [1.54, 1.807) is 27.0 Å². The smallest absolute Gasteiger partial charge is 0.213 e. The van der Waals surface area contributed by atoms with Crippen LogP contribution in [0.3, 0.4) is 0 Å². The van der Waals surface area contributed by atoms with Crippen LogP contribution in [0.4, 0.5) is 4.39 Å². The fourth-order valence-electron chi connectivity index (χ4n) is 2.33. The lowest BCUT2D eigenvalue weighted by molar-refractivity contribution is 0.464. The first-order valence-electron chi connectivity index (χ1n) is 8.96. The minimum Gasteiger partial charge on any atom is -0.357 e. The molecule has 0 fully saturated rings. The van der Waals surface area contributed by atoms with Crippen molar-refractivity contribution < 1.29 is 12.8 Å². The van der Waals surface area contributed by atoms with Crippen LogP contribution in [0.2, 0.25) is 0 Å². The highest BCUT2D eigenvalue weighted by Crippen LogP contribution is 2.16. The van der Waals surface area contributed by atoms with Crippen molar-refractivity contribution in [3.63, 3.8) is 0 Å². The molecule has 0 aromatic heterocycles. The van der Waals surface area contributed by atoms with Crippen LogP contribution in [0, 0.1) is 12.7 Å². The number of nitrogens with one attached hydrogen (secondary N) is 2. The van der Waals surface area contributed by atoms with Gasteiger partial charge in [-0.1, -0.05) is 12.1 Å². The predicted octanol–water partition coefficient (Wildman–Crippen LogP) is 2.42. The third-order valence-electron chi connectivity index (χ3n) is 4.13. The molecule has 0 aliphatic rings. The zero-order chi connectivity index (χ0) is 19.7. The van der Waals surface area contributed by atoms with E-state index in [4.69, 9.17) is 0 Å². The van der Waals surface area contributed by atoms with Gasteiger partial charge in [0.15, 0.2) is 5.96 Å². The Morgan fingerprint density at radius 1 is 1.35 bits per heavy atom. The molecule has 0 aliphatic heterocycles. The Hall–Kier alpha value is -1.67. The average molecular weight is 387 g/mol. The molecule has 0 amide bonds. The first-order valence-corrected chi connectivity index (χ1v) is 10.6. The summed E-state index contributed by atoms with van der Waals surface area (Å²) in [5.74, 6) is 0.502. The molecule has 148 valence electrons. The van der Waals surface area contributed by atoms with Gasteiger partial charge >= 0.3 is 0 Å². The molecular weight excluding hydrogens is 355 g/mol. The summed E-state index contributed by atoms with van der Waals surface area (Å²) in [5, 5.41) is 6.40. The number of sulfonamides is 1. The fourth-order valence-corrected chi connectivity index (χ4v) is 3.18. The minimum absolute atomic E-state index is 0.0988. The van der Waals surface area contributed by atoms with E-state index in [2.05, 4.69) is 15.6 Å². The van der Waals surface area contributed by atoms with E-state index in [0.717, 1.165) is 5.56 Å². The van der Waals surface area contributed by atoms with Crippen LogP contribution in [0.25, 0.3) is 0 Å². The fraction of sp³-hybridized carbons (Fsp3) is 0.611. The number of halogens is 1. The van der Waals surface area contributed by atoms with Crippen LogP contribution >= 0.6 is 0 Å². The monoisotopic (exact) mass is 386 g/mol. The number of benzene rings is 1. The summed E-state index contributed by atoms with van der Waals surface area (Å²) >= 11 is 0. The first-order chi connectivity index (χ1) is 12.2. The second-order valence-corrected chi connectivity index (χ2v) is 8.58. The second kappa shape index (κ2) is 10.5. The molecular formula is C18H31FN4O2S. The van der Waals surface area contributed by atoms with Crippen LogP contribution in [0.15, 0.2) is 23.2 Å². The number of aryl methyl sites for hydroxylation is 1. The lowest BCUT2D eigenvalue weighted by atomic mass is 10.1. The Balaban J connectivity index is 2.64. The molecule has 0 aliphatic carbocycles. The van der Waals surface area contributed by atoms with Crippen molar-refractivity contribution in [3.05, 3.63) is 35.1 Å². The SMILES string of the molecule is CCNC(=NCCCN(C)S(=O)(=O)CC)NC(C)c1ccc(C)c(F)c1. The number of hydrogen-bond donors (Lipinski definition) is 2. The Kier molecular flexibility index (Phi) is 9.01. The maximum atomic E-state index is 13.7. The van der Waals surface area contributed by atoms with E-state index in [1.165, 1.54) is 10.4 Å². The number of guanidine groups is 1. The van der Waals surface area contributed by atoms with Gasteiger partial charge in [-0.2, -0.15) is 0 Å². The van der Waals surface area contributed by atoms with E-state index >= 15 is 0 Å². The summed E-state index contributed by atoms with van der Waals surface area (Å²) in [4.78, 5) is 4.48. The van der Waals surface area contributed by atoms with Crippen LogP contribution in [0.5, 0.6) is 0 Å². The molecule has 0 spiro atoms. The lowest BCUT2D eigenvalue weighted by Gasteiger charge is -2.19. The molecule has 1 atom stereocenters. The lowest BCUT2D eigenvalue weighted by Crippen LogP contribution is -2.39. The van der Waals surface area contributed by atoms with Gasteiger partial charge in [0.25, 0.3) is 0 Å². The third-order valence-corrected chi connectivity index (χ3v) is 6.00. The molecule has 1 aromatic rings. The highest BCUT2D eigenvalue weighted by molar-refractivity contribution is 7.89. The quantitative estimate of drug-likeness (QED) is 0.388. The Bertz CT molecular complexity index is 707. The molecule has 0 heterocycles. The van der Waals surface area contributed by atoms with Gasteiger partial charge in [-0.15, -0.1) is 0 Å². The number of aliphatic imine (C=N–C) groups is 1. The van der Waals surface area contributed by atoms with E-state index in [1.807, 2.05) is 19.9 Å².